The van der Waals surface area contributed by atoms with Gasteiger partial charge in [-0.05, 0) is 30.4 Å². The molecule has 3 nitrogen and oxygen atoms in total. The molecule has 1 aromatic heterocycles. The third kappa shape index (κ3) is 4.03. The van der Waals surface area contributed by atoms with Crippen LogP contribution in [-0.2, 0) is 13.0 Å². The van der Waals surface area contributed by atoms with Gasteiger partial charge < -0.3 is 10.3 Å². The third-order valence-corrected chi connectivity index (χ3v) is 4.27. The molecule has 0 spiro atoms. The largest absolute Gasteiger partial charge is 0.384 e. The van der Waals surface area contributed by atoms with E-state index < -0.39 is 0 Å². The molecule has 0 aliphatic rings. The van der Waals surface area contributed by atoms with Crippen LogP contribution < -0.4 is 5.73 Å². The first kappa shape index (κ1) is 16.0. The molecule has 0 radical (unpaired) electrons. The molecule has 21 heavy (non-hydrogen) atoms. The van der Waals surface area contributed by atoms with E-state index in [1.54, 1.807) is 0 Å². The van der Waals surface area contributed by atoms with Gasteiger partial charge in [-0.2, -0.15) is 11.8 Å². The molecule has 0 saturated carbocycles. The summed E-state index contributed by atoms with van der Waals surface area (Å²) in [5, 5.41) is 0. The molecule has 0 fully saturated rings. The lowest BCUT2D eigenvalue weighted by atomic mass is 10.2. The summed E-state index contributed by atoms with van der Waals surface area (Å²) < 4.78 is 2.18. The summed E-state index contributed by atoms with van der Waals surface area (Å²) in [6, 6.07) is 10.4. The Hall–Kier alpha value is -1.42. The van der Waals surface area contributed by atoms with Crippen molar-refractivity contribution in [3.63, 3.8) is 0 Å². The zero-order chi connectivity index (χ0) is 15.2. The number of aryl methyl sites for hydroxylation is 1. The first-order chi connectivity index (χ1) is 10.1. The van der Waals surface area contributed by atoms with E-state index in [-0.39, 0.29) is 0 Å². The molecule has 0 atom stereocenters. The van der Waals surface area contributed by atoms with E-state index in [4.69, 9.17) is 10.7 Å². The second-order valence-corrected chi connectivity index (χ2v) is 6.61. The van der Waals surface area contributed by atoms with Crippen LogP contribution >= 0.6 is 11.8 Å². The first-order valence-electron chi connectivity index (χ1n) is 7.51. The van der Waals surface area contributed by atoms with Crippen molar-refractivity contribution in [1.29, 1.82) is 0 Å². The average molecular weight is 303 g/mol. The predicted octanol–water partition coefficient (Wildman–Crippen LogP) is 3.93. The molecule has 1 aromatic carbocycles. The van der Waals surface area contributed by atoms with Crippen LogP contribution in [0.15, 0.2) is 30.3 Å². The van der Waals surface area contributed by atoms with Crippen molar-refractivity contribution >= 4 is 17.6 Å². The maximum Gasteiger partial charge on any atom is 0.127 e. The van der Waals surface area contributed by atoms with Gasteiger partial charge in [0.2, 0.25) is 0 Å². The van der Waals surface area contributed by atoms with E-state index in [2.05, 4.69) is 48.9 Å². The van der Waals surface area contributed by atoms with Gasteiger partial charge in [-0.3, -0.25) is 0 Å². The second kappa shape index (κ2) is 7.55. The van der Waals surface area contributed by atoms with Crippen LogP contribution in [0.3, 0.4) is 0 Å². The third-order valence-electron chi connectivity index (χ3n) is 3.57. The molecule has 1 heterocycles. The standard InChI is InChI=1S/C17H25N3S/c1-13(2)17-19-15(10-7-11-21-3)16(18)20(17)12-14-8-5-4-6-9-14/h4-6,8-9,13H,7,10-12,18H2,1-3H3. The molecule has 4 heteroatoms. The highest BCUT2D eigenvalue weighted by Crippen LogP contribution is 2.23. The topological polar surface area (TPSA) is 43.8 Å². The molecular weight excluding hydrogens is 278 g/mol. The van der Waals surface area contributed by atoms with E-state index in [1.165, 1.54) is 5.56 Å². The Balaban J connectivity index is 2.25. The maximum absolute atomic E-state index is 6.37. The van der Waals surface area contributed by atoms with Crippen molar-refractivity contribution < 1.29 is 0 Å². The Morgan fingerprint density at radius 3 is 2.57 bits per heavy atom. The Bertz CT molecular complexity index is 561. The molecule has 0 aliphatic carbocycles. The van der Waals surface area contributed by atoms with E-state index >= 15 is 0 Å². The van der Waals surface area contributed by atoms with Gasteiger partial charge in [-0.15, -0.1) is 0 Å². The van der Waals surface area contributed by atoms with Crippen molar-refractivity contribution in [2.45, 2.75) is 39.2 Å². The van der Waals surface area contributed by atoms with Gasteiger partial charge in [0, 0.05) is 5.92 Å². The normalized spacial score (nSPS) is 11.2. The molecule has 2 N–H and O–H groups in total. The molecular formula is C17H25N3S. The Morgan fingerprint density at radius 1 is 1.24 bits per heavy atom. The monoisotopic (exact) mass is 303 g/mol. The van der Waals surface area contributed by atoms with E-state index in [9.17, 15) is 0 Å². The number of benzene rings is 1. The summed E-state index contributed by atoms with van der Waals surface area (Å²) >= 11 is 1.87. The first-order valence-corrected chi connectivity index (χ1v) is 8.90. The van der Waals surface area contributed by atoms with Crippen molar-refractivity contribution in [2.75, 3.05) is 17.7 Å². The number of nitrogen functional groups attached to an aromatic ring is 1. The van der Waals surface area contributed by atoms with Gasteiger partial charge in [0.05, 0.1) is 12.2 Å². The lowest BCUT2D eigenvalue weighted by Crippen LogP contribution is -2.09. The highest BCUT2D eigenvalue weighted by molar-refractivity contribution is 7.98. The number of hydrogen-bond donors (Lipinski definition) is 1. The second-order valence-electron chi connectivity index (χ2n) is 5.62. The van der Waals surface area contributed by atoms with Gasteiger partial charge in [0.25, 0.3) is 0 Å². The SMILES string of the molecule is CSCCCc1nc(C(C)C)n(Cc2ccccc2)c1N. The smallest absolute Gasteiger partial charge is 0.127 e. The number of hydrogen-bond acceptors (Lipinski definition) is 3. The van der Waals surface area contributed by atoms with E-state index in [1.807, 2.05) is 17.8 Å². The molecule has 114 valence electrons. The minimum Gasteiger partial charge on any atom is -0.384 e. The molecule has 2 aromatic rings. The van der Waals surface area contributed by atoms with Crippen LogP contribution in [-0.4, -0.2) is 21.6 Å². The fourth-order valence-electron chi connectivity index (χ4n) is 2.48. The quantitative estimate of drug-likeness (QED) is 0.788. The van der Waals surface area contributed by atoms with Crippen LogP contribution in [0.5, 0.6) is 0 Å². The average Bonchev–Trinajstić information content (AvgIpc) is 2.78. The van der Waals surface area contributed by atoms with Crippen molar-refractivity contribution in [3.8, 4) is 0 Å². The fourth-order valence-corrected chi connectivity index (χ4v) is 2.91. The zero-order valence-electron chi connectivity index (χ0n) is 13.2. The van der Waals surface area contributed by atoms with Crippen LogP contribution in [0.1, 0.15) is 43.3 Å². The number of imidazole rings is 1. The summed E-state index contributed by atoms with van der Waals surface area (Å²) in [6.07, 6.45) is 4.23. The highest BCUT2D eigenvalue weighted by Gasteiger charge is 2.16. The van der Waals surface area contributed by atoms with Gasteiger partial charge in [-0.25, -0.2) is 4.98 Å². The van der Waals surface area contributed by atoms with Crippen molar-refractivity contribution in [3.05, 3.63) is 47.4 Å². The minimum absolute atomic E-state index is 0.380. The van der Waals surface area contributed by atoms with Gasteiger partial charge in [0.1, 0.15) is 11.6 Å². The molecule has 0 aliphatic heterocycles. The molecule has 0 bridgehead atoms. The van der Waals surface area contributed by atoms with E-state index in [0.717, 1.165) is 42.5 Å². The van der Waals surface area contributed by atoms with Crippen molar-refractivity contribution in [1.82, 2.24) is 9.55 Å². The molecule has 0 saturated heterocycles. The number of anilines is 1. The number of nitrogens with zero attached hydrogens (tertiary/aromatic N) is 2. The van der Waals surface area contributed by atoms with Gasteiger partial charge >= 0.3 is 0 Å². The molecule has 0 amide bonds. The van der Waals surface area contributed by atoms with Gasteiger partial charge in [0.15, 0.2) is 0 Å². The lowest BCUT2D eigenvalue weighted by Gasteiger charge is -2.12. The number of thioether (sulfide) groups is 1. The number of rotatable bonds is 7. The Labute approximate surface area is 132 Å². The summed E-state index contributed by atoms with van der Waals surface area (Å²) in [6.45, 7) is 5.15. The Kier molecular flexibility index (Phi) is 5.74. The van der Waals surface area contributed by atoms with Crippen LogP contribution in [0.2, 0.25) is 0 Å². The van der Waals surface area contributed by atoms with Gasteiger partial charge in [-0.1, -0.05) is 44.2 Å². The number of nitrogens with two attached hydrogens (primary N) is 1. The lowest BCUT2D eigenvalue weighted by molar-refractivity contribution is 0.674. The van der Waals surface area contributed by atoms with Crippen LogP contribution in [0.25, 0.3) is 0 Å². The highest BCUT2D eigenvalue weighted by atomic mass is 32.2. The Morgan fingerprint density at radius 2 is 1.95 bits per heavy atom. The van der Waals surface area contributed by atoms with Crippen molar-refractivity contribution in [2.24, 2.45) is 0 Å². The minimum atomic E-state index is 0.380. The zero-order valence-corrected chi connectivity index (χ0v) is 14.0. The van der Waals surface area contributed by atoms with E-state index in [0.29, 0.717) is 5.92 Å². The summed E-state index contributed by atoms with van der Waals surface area (Å²) in [4.78, 5) is 4.81. The summed E-state index contributed by atoms with van der Waals surface area (Å²) in [7, 11) is 0. The van der Waals surface area contributed by atoms with Crippen LogP contribution in [0.4, 0.5) is 5.82 Å². The van der Waals surface area contributed by atoms with Crippen LogP contribution in [0, 0.1) is 0 Å². The molecule has 2 rings (SSSR count). The molecule has 0 unspecified atom stereocenters. The maximum atomic E-state index is 6.37. The predicted molar refractivity (Wildman–Crippen MR) is 93.0 cm³/mol. The number of aromatic nitrogens is 2. The summed E-state index contributed by atoms with van der Waals surface area (Å²) in [5.74, 6) is 3.46. The fraction of sp³-hybridized carbons (Fsp3) is 0.471. The summed E-state index contributed by atoms with van der Waals surface area (Å²) in [5.41, 5.74) is 8.69.